The first-order valence-corrected chi connectivity index (χ1v) is 8.77. The van der Waals surface area contributed by atoms with Crippen molar-refractivity contribution in [3.05, 3.63) is 16.9 Å². The molecule has 1 saturated carbocycles. The van der Waals surface area contributed by atoms with Gasteiger partial charge in [-0.3, -0.25) is 4.68 Å². The summed E-state index contributed by atoms with van der Waals surface area (Å²) in [5, 5.41) is 7.56. The molecule has 1 atom stereocenters. The van der Waals surface area contributed by atoms with Crippen LogP contribution in [-0.4, -0.2) is 39.8 Å². The van der Waals surface area contributed by atoms with E-state index in [4.69, 9.17) is 0 Å². The van der Waals surface area contributed by atoms with Gasteiger partial charge in [0.2, 0.25) is 0 Å². The zero-order valence-corrected chi connectivity index (χ0v) is 13.9. The minimum absolute atomic E-state index is 0.107. The number of urea groups is 1. The van der Waals surface area contributed by atoms with Gasteiger partial charge < -0.3 is 10.2 Å². The van der Waals surface area contributed by atoms with Crippen molar-refractivity contribution in [2.24, 2.45) is 0 Å². The summed E-state index contributed by atoms with van der Waals surface area (Å²) in [4.78, 5) is 14.3. The van der Waals surface area contributed by atoms with E-state index in [-0.39, 0.29) is 6.03 Å². The van der Waals surface area contributed by atoms with E-state index in [1.165, 1.54) is 25.7 Å². The number of aromatic nitrogens is 2. The molecule has 2 aliphatic rings. The molecule has 21 heavy (non-hydrogen) atoms. The molecule has 1 saturated heterocycles. The van der Waals surface area contributed by atoms with E-state index in [2.05, 4.69) is 26.3 Å². The Hall–Kier alpha value is -1.04. The number of carbonyl (C=O) groups excluding carboxylic acids is 1. The van der Waals surface area contributed by atoms with Crippen molar-refractivity contribution in [2.45, 2.75) is 57.0 Å². The molecule has 1 unspecified atom stereocenters. The monoisotopic (exact) mass is 354 g/mol. The number of hydrogen-bond acceptors (Lipinski definition) is 2. The third-order valence-electron chi connectivity index (χ3n) is 4.58. The molecule has 1 N–H and O–H groups in total. The van der Waals surface area contributed by atoms with E-state index in [0.717, 1.165) is 36.8 Å². The lowest BCUT2D eigenvalue weighted by atomic mass is 10.1. The van der Waals surface area contributed by atoms with Crippen molar-refractivity contribution >= 4 is 22.0 Å². The normalized spacial score (nSPS) is 24.0. The number of rotatable bonds is 2. The van der Waals surface area contributed by atoms with Crippen LogP contribution in [0.15, 0.2) is 16.9 Å². The minimum atomic E-state index is 0.107. The summed E-state index contributed by atoms with van der Waals surface area (Å²) in [5.41, 5.74) is 0. The molecule has 1 aliphatic heterocycles. The van der Waals surface area contributed by atoms with Crippen LogP contribution >= 0.6 is 15.9 Å². The highest BCUT2D eigenvalue weighted by atomic mass is 79.9. The van der Waals surface area contributed by atoms with Crippen LogP contribution in [0, 0.1) is 0 Å². The molecule has 0 radical (unpaired) electrons. The molecule has 1 aromatic heterocycles. The zero-order valence-electron chi connectivity index (χ0n) is 12.3. The summed E-state index contributed by atoms with van der Waals surface area (Å²) in [6.07, 6.45) is 12.1. The molecule has 2 fully saturated rings. The van der Waals surface area contributed by atoms with Crippen LogP contribution in [0.25, 0.3) is 0 Å². The Morgan fingerprint density at radius 3 is 2.67 bits per heavy atom. The number of hydrogen-bond donors (Lipinski definition) is 1. The number of halogens is 1. The van der Waals surface area contributed by atoms with E-state index in [1.807, 2.05) is 15.8 Å². The van der Waals surface area contributed by atoms with Gasteiger partial charge in [0.15, 0.2) is 0 Å². The van der Waals surface area contributed by atoms with Crippen LogP contribution < -0.4 is 5.32 Å². The summed E-state index contributed by atoms with van der Waals surface area (Å²) >= 11 is 3.42. The predicted molar refractivity (Wildman–Crippen MR) is 85.2 cm³/mol. The smallest absolute Gasteiger partial charge is 0.317 e. The topological polar surface area (TPSA) is 50.2 Å². The first-order valence-electron chi connectivity index (χ1n) is 7.97. The van der Waals surface area contributed by atoms with Crippen LogP contribution in [0.3, 0.4) is 0 Å². The summed E-state index contributed by atoms with van der Waals surface area (Å²) in [6.45, 7) is 1.58. The lowest BCUT2D eigenvalue weighted by Gasteiger charge is -2.22. The van der Waals surface area contributed by atoms with Gasteiger partial charge in [-0.05, 0) is 35.2 Å². The summed E-state index contributed by atoms with van der Waals surface area (Å²) in [5.74, 6) is 0. The number of likely N-dealkylation sites (tertiary alicyclic amines) is 1. The second kappa shape index (κ2) is 6.81. The van der Waals surface area contributed by atoms with Gasteiger partial charge in [0.05, 0.1) is 16.7 Å². The van der Waals surface area contributed by atoms with Crippen molar-refractivity contribution in [3.63, 3.8) is 0 Å². The number of nitrogens with one attached hydrogen (secondary N) is 1. The van der Waals surface area contributed by atoms with Crippen molar-refractivity contribution in [3.8, 4) is 0 Å². The highest BCUT2D eigenvalue weighted by Crippen LogP contribution is 2.23. The van der Waals surface area contributed by atoms with Crippen LogP contribution in [0.2, 0.25) is 0 Å². The number of nitrogens with zero attached hydrogens (tertiary/aromatic N) is 3. The fourth-order valence-electron chi connectivity index (χ4n) is 3.35. The van der Waals surface area contributed by atoms with Gasteiger partial charge in [0.1, 0.15) is 0 Å². The second-order valence-corrected chi connectivity index (χ2v) is 7.08. The van der Waals surface area contributed by atoms with Gasteiger partial charge in [-0.1, -0.05) is 25.7 Å². The molecule has 0 aromatic carbocycles. The Morgan fingerprint density at radius 1 is 1.24 bits per heavy atom. The molecule has 116 valence electrons. The Morgan fingerprint density at radius 2 is 2.00 bits per heavy atom. The standard InChI is InChI=1S/C15H23BrN4O/c16-12-9-17-20(10-12)14-7-8-19(11-14)15(21)18-13-5-3-1-2-4-6-13/h9-10,13-14H,1-8,11H2,(H,18,21). The molecule has 0 bridgehead atoms. The quantitative estimate of drug-likeness (QED) is 0.828. The van der Waals surface area contributed by atoms with Crippen molar-refractivity contribution in [2.75, 3.05) is 13.1 Å². The lowest BCUT2D eigenvalue weighted by Crippen LogP contribution is -2.43. The van der Waals surface area contributed by atoms with Crippen LogP contribution in [0.4, 0.5) is 4.79 Å². The lowest BCUT2D eigenvalue weighted by molar-refractivity contribution is 0.201. The fraction of sp³-hybridized carbons (Fsp3) is 0.733. The van der Waals surface area contributed by atoms with Gasteiger partial charge in [0.25, 0.3) is 0 Å². The average molecular weight is 355 g/mol. The highest BCUT2D eigenvalue weighted by Gasteiger charge is 2.29. The Balaban J connectivity index is 1.52. The maximum Gasteiger partial charge on any atom is 0.317 e. The van der Waals surface area contributed by atoms with Crippen molar-refractivity contribution in [1.29, 1.82) is 0 Å². The maximum absolute atomic E-state index is 12.4. The molecular formula is C15H23BrN4O. The molecular weight excluding hydrogens is 332 g/mol. The maximum atomic E-state index is 12.4. The molecule has 1 aromatic rings. The van der Waals surface area contributed by atoms with E-state index >= 15 is 0 Å². The van der Waals surface area contributed by atoms with Gasteiger partial charge >= 0.3 is 6.03 Å². The van der Waals surface area contributed by atoms with Crippen LogP contribution in [0.1, 0.15) is 51.0 Å². The molecule has 2 heterocycles. The number of amides is 2. The van der Waals surface area contributed by atoms with E-state index in [9.17, 15) is 4.79 Å². The first-order chi connectivity index (χ1) is 10.2. The highest BCUT2D eigenvalue weighted by molar-refractivity contribution is 9.10. The van der Waals surface area contributed by atoms with Crippen LogP contribution in [0.5, 0.6) is 0 Å². The van der Waals surface area contributed by atoms with Crippen molar-refractivity contribution < 1.29 is 4.79 Å². The third kappa shape index (κ3) is 3.78. The first kappa shape index (κ1) is 14.9. The summed E-state index contributed by atoms with van der Waals surface area (Å²) < 4.78 is 2.95. The fourth-order valence-corrected chi connectivity index (χ4v) is 3.65. The van der Waals surface area contributed by atoms with Crippen LogP contribution in [-0.2, 0) is 0 Å². The molecule has 3 rings (SSSR count). The predicted octanol–water partition coefficient (Wildman–Crippen LogP) is 3.32. The van der Waals surface area contributed by atoms with Gasteiger partial charge in [0, 0.05) is 25.3 Å². The SMILES string of the molecule is O=C(NC1CCCCCC1)N1CCC(n2cc(Br)cn2)C1. The summed E-state index contributed by atoms with van der Waals surface area (Å²) in [6, 6.07) is 0.782. The van der Waals surface area contributed by atoms with E-state index in [0.29, 0.717) is 12.1 Å². The van der Waals surface area contributed by atoms with Gasteiger partial charge in [-0.2, -0.15) is 5.10 Å². The molecule has 2 amide bonds. The largest absolute Gasteiger partial charge is 0.335 e. The molecule has 6 heteroatoms. The Bertz CT molecular complexity index is 482. The second-order valence-electron chi connectivity index (χ2n) is 6.17. The van der Waals surface area contributed by atoms with Crippen molar-refractivity contribution in [1.82, 2.24) is 20.0 Å². The molecule has 1 aliphatic carbocycles. The number of carbonyl (C=O) groups is 1. The van der Waals surface area contributed by atoms with E-state index in [1.54, 1.807) is 6.20 Å². The Kier molecular flexibility index (Phi) is 4.83. The van der Waals surface area contributed by atoms with E-state index < -0.39 is 0 Å². The zero-order chi connectivity index (χ0) is 14.7. The molecule has 5 nitrogen and oxygen atoms in total. The Labute approximate surface area is 134 Å². The molecule has 0 spiro atoms. The average Bonchev–Trinajstić information content (AvgIpc) is 3.04. The van der Waals surface area contributed by atoms with Gasteiger partial charge in [-0.25, -0.2) is 4.79 Å². The minimum Gasteiger partial charge on any atom is -0.335 e. The summed E-state index contributed by atoms with van der Waals surface area (Å²) in [7, 11) is 0. The third-order valence-corrected chi connectivity index (χ3v) is 4.99. The van der Waals surface area contributed by atoms with Gasteiger partial charge in [-0.15, -0.1) is 0 Å².